The molecule has 0 amide bonds. The standard InChI is InChI=1S/C13H19N3S/c1-9-6-5-7-10-11(9)15-12(14)16(10)8-13(2,3)17-4/h5-7H,8H2,1-4H3,(H2,14,15). The number of anilines is 1. The SMILES string of the molecule is CSC(C)(C)Cn1c(N)nc2c(C)cccc21. The van der Waals surface area contributed by atoms with Gasteiger partial charge in [-0.1, -0.05) is 12.1 Å². The van der Waals surface area contributed by atoms with Gasteiger partial charge in [0.15, 0.2) is 0 Å². The molecule has 3 nitrogen and oxygen atoms in total. The molecule has 0 unspecified atom stereocenters. The van der Waals surface area contributed by atoms with Gasteiger partial charge in [0.25, 0.3) is 0 Å². The second-order valence-electron chi connectivity index (χ2n) is 4.96. The molecule has 1 heterocycles. The van der Waals surface area contributed by atoms with Gasteiger partial charge in [0.2, 0.25) is 5.95 Å². The van der Waals surface area contributed by atoms with Crippen molar-refractivity contribution in [2.45, 2.75) is 32.1 Å². The summed E-state index contributed by atoms with van der Waals surface area (Å²) in [6.07, 6.45) is 2.13. The van der Waals surface area contributed by atoms with Crippen LogP contribution in [-0.2, 0) is 6.54 Å². The van der Waals surface area contributed by atoms with Gasteiger partial charge < -0.3 is 10.3 Å². The van der Waals surface area contributed by atoms with Crippen molar-refractivity contribution in [2.24, 2.45) is 0 Å². The van der Waals surface area contributed by atoms with E-state index in [1.807, 2.05) is 11.8 Å². The summed E-state index contributed by atoms with van der Waals surface area (Å²) in [7, 11) is 0. The number of hydrogen-bond donors (Lipinski definition) is 1. The van der Waals surface area contributed by atoms with Crippen molar-refractivity contribution in [3.63, 3.8) is 0 Å². The Bertz CT molecular complexity index is 543. The van der Waals surface area contributed by atoms with Gasteiger partial charge in [0.1, 0.15) is 0 Å². The summed E-state index contributed by atoms with van der Waals surface area (Å²) >= 11 is 1.84. The Morgan fingerprint density at radius 2 is 2.12 bits per heavy atom. The van der Waals surface area contributed by atoms with Crippen LogP contribution in [0.15, 0.2) is 18.2 Å². The summed E-state index contributed by atoms with van der Waals surface area (Å²) in [5.41, 5.74) is 9.35. The van der Waals surface area contributed by atoms with E-state index in [1.54, 1.807) is 0 Å². The maximum Gasteiger partial charge on any atom is 0.201 e. The zero-order valence-corrected chi connectivity index (χ0v) is 11.6. The summed E-state index contributed by atoms with van der Waals surface area (Å²) in [6, 6.07) is 6.21. The van der Waals surface area contributed by atoms with Crippen molar-refractivity contribution in [1.82, 2.24) is 9.55 Å². The molecule has 92 valence electrons. The van der Waals surface area contributed by atoms with Crippen molar-refractivity contribution in [3.8, 4) is 0 Å². The molecule has 17 heavy (non-hydrogen) atoms. The number of thioether (sulfide) groups is 1. The van der Waals surface area contributed by atoms with Gasteiger partial charge in [-0.2, -0.15) is 11.8 Å². The first-order chi connectivity index (χ1) is 7.94. The van der Waals surface area contributed by atoms with Gasteiger partial charge >= 0.3 is 0 Å². The number of para-hydroxylation sites is 1. The number of imidazole rings is 1. The quantitative estimate of drug-likeness (QED) is 0.909. The molecule has 0 saturated carbocycles. The molecule has 0 spiro atoms. The Labute approximate surface area is 106 Å². The molecular formula is C13H19N3S. The molecule has 0 aliphatic carbocycles. The molecule has 0 saturated heterocycles. The molecule has 0 aliphatic rings. The third kappa shape index (κ3) is 2.27. The van der Waals surface area contributed by atoms with E-state index in [2.05, 4.69) is 54.8 Å². The third-order valence-corrected chi connectivity index (χ3v) is 4.34. The summed E-state index contributed by atoms with van der Waals surface area (Å²) < 4.78 is 2.27. The Morgan fingerprint density at radius 1 is 1.41 bits per heavy atom. The number of fused-ring (bicyclic) bond motifs is 1. The minimum absolute atomic E-state index is 0.158. The molecule has 2 N–H and O–H groups in total. The highest BCUT2D eigenvalue weighted by Crippen LogP contribution is 2.28. The Morgan fingerprint density at radius 3 is 2.76 bits per heavy atom. The number of nitrogens with zero attached hydrogens (tertiary/aromatic N) is 2. The van der Waals surface area contributed by atoms with Gasteiger partial charge in [-0.05, 0) is 38.7 Å². The van der Waals surface area contributed by atoms with Crippen LogP contribution in [-0.4, -0.2) is 20.6 Å². The summed E-state index contributed by atoms with van der Waals surface area (Å²) in [4.78, 5) is 4.46. The number of aromatic nitrogens is 2. The predicted molar refractivity (Wildman–Crippen MR) is 76.5 cm³/mol. The fourth-order valence-electron chi connectivity index (χ4n) is 1.92. The number of benzene rings is 1. The molecule has 1 aromatic carbocycles. The van der Waals surface area contributed by atoms with Crippen molar-refractivity contribution in [1.29, 1.82) is 0 Å². The lowest BCUT2D eigenvalue weighted by Crippen LogP contribution is -2.23. The van der Waals surface area contributed by atoms with E-state index in [0.29, 0.717) is 5.95 Å². The van der Waals surface area contributed by atoms with E-state index in [-0.39, 0.29) is 4.75 Å². The molecule has 2 rings (SSSR count). The van der Waals surface area contributed by atoms with Crippen LogP contribution in [0.4, 0.5) is 5.95 Å². The number of aryl methyl sites for hydroxylation is 1. The first kappa shape index (κ1) is 12.3. The van der Waals surface area contributed by atoms with Crippen LogP contribution >= 0.6 is 11.8 Å². The predicted octanol–water partition coefficient (Wildman–Crippen LogP) is 3.07. The summed E-state index contributed by atoms with van der Waals surface area (Å²) in [6.45, 7) is 7.39. The average molecular weight is 249 g/mol. The molecule has 0 atom stereocenters. The maximum atomic E-state index is 6.03. The largest absolute Gasteiger partial charge is 0.369 e. The molecule has 0 bridgehead atoms. The van der Waals surface area contributed by atoms with E-state index in [1.165, 1.54) is 5.56 Å². The fraction of sp³-hybridized carbons (Fsp3) is 0.462. The summed E-state index contributed by atoms with van der Waals surface area (Å²) in [5.74, 6) is 0.608. The van der Waals surface area contributed by atoms with E-state index >= 15 is 0 Å². The van der Waals surface area contributed by atoms with Crippen LogP contribution in [0.2, 0.25) is 0 Å². The second kappa shape index (κ2) is 4.26. The minimum Gasteiger partial charge on any atom is -0.369 e. The monoisotopic (exact) mass is 249 g/mol. The molecule has 0 aliphatic heterocycles. The molecule has 0 fully saturated rings. The molecule has 0 radical (unpaired) electrons. The first-order valence-electron chi connectivity index (χ1n) is 5.71. The normalized spacial score (nSPS) is 12.2. The zero-order valence-electron chi connectivity index (χ0n) is 10.8. The Hall–Kier alpha value is -1.16. The van der Waals surface area contributed by atoms with Crippen LogP contribution in [0, 0.1) is 6.92 Å². The first-order valence-corrected chi connectivity index (χ1v) is 6.93. The van der Waals surface area contributed by atoms with Crippen LogP contribution in [0.5, 0.6) is 0 Å². The van der Waals surface area contributed by atoms with Crippen LogP contribution in [0.1, 0.15) is 19.4 Å². The van der Waals surface area contributed by atoms with Crippen LogP contribution in [0.3, 0.4) is 0 Å². The average Bonchev–Trinajstić information content (AvgIpc) is 2.58. The smallest absolute Gasteiger partial charge is 0.201 e. The topological polar surface area (TPSA) is 43.8 Å². The van der Waals surface area contributed by atoms with E-state index in [9.17, 15) is 0 Å². The Kier molecular flexibility index (Phi) is 3.08. The van der Waals surface area contributed by atoms with Crippen LogP contribution in [0.25, 0.3) is 11.0 Å². The maximum absolute atomic E-state index is 6.03. The number of nitrogens with two attached hydrogens (primary N) is 1. The van der Waals surface area contributed by atoms with Gasteiger partial charge in [-0.25, -0.2) is 4.98 Å². The van der Waals surface area contributed by atoms with E-state index in [4.69, 9.17) is 5.73 Å². The number of hydrogen-bond acceptors (Lipinski definition) is 3. The van der Waals surface area contributed by atoms with Crippen molar-refractivity contribution >= 4 is 28.7 Å². The lowest BCUT2D eigenvalue weighted by atomic mass is 10.2. The van der Waals surface area contributed by atoms with E-state index < -0.39 is 0 Å². The number of nitrogen functional groups attached to an aromatic ring is 1. The number of rotatable bonds is 3. The van der Waals surface area contributed by atoms with Crippen molar-refractivity contribution in [2.75, 3.05) is 12.0 Å². The minimum atomic E-state index is 0.158. The second-order valence-corrected chi connectivity index (χ2v) is 6.48. The molecular weight excluding hydrogens is 230 g/mol. The Balaban J connectivity index is 2.54. The van der Waals surface area contributed by atoms with E-state index in [0.717, 1.165) is 17.6 Å². The van der Waals surface area contributed by atoms with Crippen molar-refractivity contribution in [3.05, 3.63) is 23.8 Å². The molecule has 1 aromatic heterocycles. The van der Waals surface area contributed by atoms with Gasteiger partial charge in [0, 0.05) is 11.3 Å². The fourth-order valence-corrected chi connectivity index (χ4v) is 2.17. The third-order valence-electron chi connectivity index (χ3n) is 3.10. The van der Waals surface area contributed by atoms with Gasteiger partial charge in [-0.15, -0.1) is 0 Å². The van der Waals surface area contributed by atoms with Gasteiger partial charge in [-0.3, -0.25) is 0 Å². The van der Waals surface area contributed by atoms with Crippen molar-refractivity contribution < 1.29 is 0 Å². The summed E-state index contributed by atoms with van der Waals surface area (Å²) in [5, 5.41) is 0. The molecule has 4 heteroatoms. The highest BCUT2D eigenvalue weighted by atomic mass is 32.2. The van der Waals surface area contributed by atoms with Gasteiger partial charge in [0.05, 0.1) is 11.0 Å². The zero-order chi connectivity index (χ0) is 12.6. The lowest BCUT2D eigenvalue weighted by Gasteiger charge is -2.23. The lowest BCUT2D eigenvalue weighted by molar-refractivity contribution is 0.585. The highest BCUT2D eigenvalue weighted by molar-refractivity contribution is 7.99. The highest BCUT2D eigenvalue weighted by Gasteiger charge is 2.20. The molecule has 2 aromatic rings. The van der Waals surface area contributed by atoms with Crippen LogP contribution < -0.4 is 5.73 Å².